The van der Waals surface area contributed by atoms with Crippen molar-refractivity contribution in [2.75, 3.05) is 24.6 Å². The summed E-state index contributed by atoms with van der Waals surface area (Å²) in [5.41, 5.74) is 6.03. The minimum absolute atomic E-state index is 0.194. The molecule has 1 aromatic carbocycles. The monoisotopic (exact) mass is 373 g/mol. The fourth-order valence-corrected chi connectivity index (χ4v) is 2.93. The van der Waals surface area contributed by atoms with E-state index in [4.69, 9.17) is 4.74 Å². The highest BCUT2D eigenvalue weighted by atomic mass is 16.5. The molecule has 0 spiro atoms. The van der Waals surface area contributed by atoms with Crippen LogP contribution in [0.3, 0.4) is 0 Å². The molecule has 0 aliphatic heterocycles. The largest absolute Gasteiger partial charge is 0.455 e. The van der Waals surface area contributed by atoms with E-state index in [2.05, 4.69) is 29.6 Å². The number of amides is 2. The Morgan fingerprint density at radius 1 is 1.11 bits per heavy atom. The van der Waals surface area contributed by atoms with Crippen molar-refractivity contribution in [3.8, 4) is 0 Å². The molecular weight excluding hydrogens is 346 g/mol. The standard InChI is InChI=1S/C20H27N3O4/c1-3-23(4-2)17-11-9-16(10-12-17)20(26)22-21-18(24)14-27-19(25)13-15-7-5-6-8-15/h5,7,9-12,15H,3-4,6,8,13-14H2,1-2H3,(H,21,24)(H,22,26)/t15-/m1/s1. The number of esters is 1. The van der Waals surface area contributed by atoms with E-state index in [1.807, 2.05) is 24.3 Å². The SMILES string of the molecule is CCN(CC)c1ccc(C(=O)NNC(=O)COC(=O)C[C@@H]2C=CCC2)cc1. The van der Waals surface area contributed by atoms with Crippen molar-refractivity contribution in [3.05, 3.63) is 42.0 Å². The van der Waals surface area contributed by atoms with Crippen molar-refractivity contribution in [3.63, 3.8) is 0 Å². The van der Waals surface area contributed by atoms with Gasteiger partial charge in [-0.2, -0.15) is 0 Å². The predicted octanol–water partition coefficient (Wildman–Crippen LogP) is 2.19. The Hall–Kier alpha value is -2.83. The second-order valence-corrected chi connectivity index (χ2v) is 6.35. The van der Waals surface area contributed by atoms with E-state index < -0.39 is 24.4 Å². The lowest BCUT2D eigenvalue weighted by Crippen LogP contribution is -2.43. The average Bonchev–Trinajstić information content (AvgIpc) is 3.19. The van der Waals surface area contributed by atoms with E-state index in [0.29, 0.717) is 5.56 Å². The molecule has 0 aromatic heterocycles. The van der Waals surface area contributed by atoms with Gasteiger partial charge in [0.05, 0.1) is 6.42 Å². The number of nitrogens with zero attached hydrogens (tertiary/aromatic N) is 1. The van der Waals surface area contributed by atoms with Crippen LogP contribution in [0.25, 0.3) is 0 Å². The Morgan fingerprint density at radius 2 is 1.81 bits per heavy atom. The van der Waals surface area contributed by atoms with Crippen LogP contribution in [0.1, 0.15) is 43.5 Å². The zero-order chi connectivity index (χ0) is 19.6. The number of hydrogen-bond acceptors (Lipinski definition) is 5. The number of carbonyl (C=O) groups excluding carboxylic acids is 3. The van der Waals surface area contributed by atoms with E-state index in [-0.39, 0.29) is 12.3 Å². The second kappa shape index (κ2) is 10.4. The second-order valence-electron chi connectivity index (χ2n) is 6.35. The molecule has 0 unspecified atom stereocenters. The lowest BCUT2D eigenvalue weighted by Gasteiger charge is -2.21. The van der Waals surface area contributed by atoms with Gasteiger partial charge in [0.1, 0.15) is 0 Å². The van der Waals surface area contributed by atoms with Gasteiger partial charge in [-0.25, -0.2) is 0 Å². The van der Waals surface area contributed by atoms with Crippen molar-refractivity contribution in [2.24, 2.45) is 5.92 Å². The van der Waals surface area contributed by atoms with E-state index >= 15 is 0 Å². The van der Waals surface area contributed by atoms with Crippen molar-refractivity contribution in [1.82, 2.24) is 10.9 Å². The molecule has 7 heteroatoms. The quantitative estimate of drug-likeness (QED) is 0.414. The lowest BCUT2D eigenvalue weighted by atomic mass is 10.1. The fourth-order valence-electron chi connectivity index (χ4n) is 2.93. The van der Waals surface area contributed by atoms with Crippen molar-refractivity contribution in [2.45, 2.75) is 33.1 Å². The van der Waals surface area contributed by atoms with Crippen LogP contribution in [0, 0.1) is 5.92 Å². The number of hydrogen-bond donors (Lipinski definition) is 2. The number of hydrazine groups is 1. The maximum absolute atomic E-state index is 12.1. The van der Waals surface area contributed by atoms with Gasteiger partial charge in [0.15, 0.2) is 6.61 Å². The summed E-state index contributed by atoms with van der Waals surface area (Å²) in [6, 6.07) is 7.13. The highest BCUT2D eigenvalue weighted by molar-refractivity contribution is 5.95. The Labute approximate surface area is 159 Å². The molecule has 2 N–H and O–H groups in total. The number of ether oxygens (including phenoxy) is 1. The van der Waals surface area contributed by atoms with Gasteiger partial charge in [0.25, 0.3) is 11.8 Å². The van der Waals surface area contributed by atoms with Crippen LogP contribution in [-0.4, -0.2) is 37.5 Å². The van der Waals surface area contributed by atoms with Gasteiger partial charge in [-0.05, 0) is 56.9 Å². The first-order valence-corrected chi connectivity index (χ1v) is 9.30. The molecular formula is C20H27N3O4. The molecule has 0 saturated carbocycles. The maximum Gasteiger partial charge on any atom is 0.306 e. The van der Waals surface area contributed by atoms with Crippen LogP contribution in [0.2, 0.25) is 0 Å². The van der Waals surface area contributed by atoms with Gasteiger partial charge < -0.3 is 9.64 Å². The highest BCUT2D eigenvalue weighted by Crippen LogP contribution is 2.20. The van der Waals surface area contributed by atoms with Crippen LogP contribution in [-0.2, 0) is 14.3 Å². The molecule has 0 bridgehead atoms. The Kier molecular flexibility index (Phi) is 7.85. The Bertz CT molecular complexity index is 681. The summed E-state index contributed by atoms with van der Waals surface area (Å²) in [6.07, 6.45) is 6.21. The summed E-state index contributed by atoms with van der Waals surface area (Å²) < 4.78 is 4.93. The van der Waals surface area contributed by atoms with E-state index in [1.165, 1.54) is 0 Å². The van der Waals surface area contributed by atoms with E-state index in [9.17, 15) is 14.4 Å². The molecule has 2 rings (SSSR count). The first-order chi connectivity index (χ1) is 13.0. The smallest absolute Gasteiger partial charge is 0.306 e. The summed E-state index contributed by atoms with van der Waals surface area (Å²) in [7, 11) is 0. The van der Waals surface area contributed by atoms with Gasteiger partial charge in [-0.15, -0.1) is 0 Å². The van der Waals surface area contributed by atoms with Crippen molar-refractivity contribution >= 4 is 23.5 Å². The third-order valence-electron chi connectivity index (χ3n) is 4.48. The molecule has 2 amide bonds. The van der Waals surface area contributed by atoms with Crippen LogP contribution in [0.5, 0.6) is 0 Å². The molecule has 27 heavy (non-hydrogen) atoms. The van der Waals surface area contributed by atoms with E-state index in [1.54, 1.807) is 12.1 Å². The molecule has 7 nitrogen and oxygen atoms in total. The third-order valence-corrected chi connectivity index (χ3v) is 4.48. The molecule has 1 aliphatic rings. The Balaban J connectivity index is 1.71. The van der Waals surface area contributed by atoms with Gasteiger partial charge >= 0.3 is 5.97 Å². The zero-order valence-electron chi connectivity index (χ0n) is 15.9. The Morgan fingerprint density at radius 3 is 2.41 bits per heavy atom. The van der Waals surface area contributed by atoms with Gasteiger partial charge in [-0.3, -0.25) is 25.2 Å². The van der Waals surface area contributed by atoms with Crippen LogP contribution < -0.4 is 15.8 Å². The molecule has 0 saturated heterocycles. The third kappa shape index (κ3) is 6.44. The molecule has 0 fully saturated rings. The van der Waals surface area contributed by atoms with Crippen molar-refractivity contribution in [1.29, 1.82) is 0 Å². The average molecular weight is 373 g/mol. The number of anilines is 1. The fraction of sp³-hybridized carbons (Fsp3) is 0.450. The number of carbonyl (C=O) groups is 3. The van der Waals surface area contributed by atoms with Crippen LogP contribution in [0.4, 0.5) is 5.69 Å². The molecule has 146 valence electrons. The van der Waals surface area contributed by atoms with E-state index in [0.717, 1.165) is 31.6 Å². The van der Waals surface area contributed by atoms with Crippen LogP contribution in [0.15, 0.2) is 36.4 Å². The maximum atomic E-state index is 12.1. The van der Waals surface area contributed by atoms with Crippen LogP contribution >= 0.6 is 0 Å². The lowest BCUT2D eigenvalue weighted by molar-refractivity contribution is -0.149. The summed E-state index contributed by atoms with van der Waals surface area (Å²) >= 11 is 0. The molecule has 1 aromatic rings. The number of benzene rings is 1. The van der Waals surface area contributed by atoms with Gasteiger partial charge in [0.2, 0.25) is 0 Å². The topological polar surface area (TPSA) is 87.7 Å². The molecule has 1 aliphatic carbocycles. The molecule has 1 atom stereocenters. The normalized spacial score (nSPS) is 15.3. The molecule has 0 heterocycles. The first kappa shape index (κ1) is 20.5. The molecule has 0 radical (unpaired) electrons. The summed E-state index contributed by atoms with van der Waals surface area (Å²) in [4.78, 5) is 37.6. The van der Waals surface area contributed by atoms with Crippen molar-refractivity contribution < 1.29 is 19.1 Å². The minimum atomic E-state index is -0.585. The van der Waals surface area contributed by atoms with Gasteiger partial charge in [-0.1, -0.05) is 12.2 Å². The zero-order valence-corrected chi connectivity index (χ0v) is 15.9. The number of rotatable bonds is 8. The van der Waals surface area contributed by atoms with Gasteiger partial charge in [0, 0.05) is 24.3 Å². The highest BCUT2D eigenvalue weighted by Gasteiger charge is 2.16. The minimum Gasteiger partial charge on any atom is -0.455 e. The summed E-state index contributed by atoms with van der Waals surface area (Å²) in [5, 5.41) is 0. The summed E-state index contributed by atoms with van der Waals surface area (Å²) in [6.45, 7) is 5.48. The first-order valence-electron chi connectivity index (χ1n) is 9.30. The number of nitrogens with one attached hydrogen (secondary N) is 2. The predicted molar refractivity (Wildman–Crippen MR) is 103 cm³/mol. The summed E-state index contributed by atoms with van der Waals surface area (Å²) in [5.74, 6) is -1.24. The number of allylic oxidation sites excluding steroid dienone is 2.